The minimum atomic E-state index is -0.888. The largest absolute Gasteiger partial charge is 0.342 e. The number of hydrogen-bond acceptors (Lipinski definition) is 1. The van der Waals surface area contributed by atoms with Gasteiger partial charge >= 0.3 is 0 Å². The lowest BCUT2D eigenvalue weighted by atomic mass is 10.1. The molecule has 0 amide bonds. The fraction of sp³-hybridized carbons (Fsp3) is 0.188. The third-order valence-electron chi connectivity index (χ3n) is 3.33. The maximum atomic E-state index is 13.6. The van der Waals surface area contributed by atoms with E-state index >= 15 is 0 Å². The van der Waals surface area contributed by atoms with Gasteiger partial charge in [-0.25, -0.2) is 13.8 Å². The molecule has 0 unspecified atom stereocenters. The normalized spacial score (nSPS) is 11.2. The molecule has 1 N–H and O–H groups in total. The first-order valence-corrected chi connectivity index (χ1v) is 6.51. The number of nitrogens with zero attached hydrogens (tertiary/aromatic N) is 1. The second kappa shape index (κ2) is 5.04. The van der Waals surface area contributed by atoms with Crippen molar-refractivity contribution in [3.63, 3.8) is 0 Å². The van der Waals surface area contributed by atoms with Crippen molar-refractivity contribution in [2.24, 2.45) is 0 Å². The van der Waals surface area contributed by atoms with Crippen molar-refractivity contribution in [2.75, 3.05) is 0 Å². The Hall–Kier alpha value is -2.23. The number of halogens is 2. The summed E-state index contributed by atoms with van der Waals surface area (Å²) in [5.74, 6) is -1.08. The van der Waals surface area contributed by atoms with E-state index in [9.17, 15) is 8.78 Å². The second-order valence-electron chi connectivity index (χ2n) is 4.93. The van der Waals surface area contributed by atoms with Crippen molar-refractivity contribution >= 4 is 11.0 Å². The molecule has 0 atom stereocenters. The molecule has 1 aromatic heterocycles. The lowest BCUT2D eigenvalue weighted by Gasteiger charge is -2.00. The van der Waals surface area contributed by atoms with Gasteiger partial charge in [0, 0.05) is 6.42 Å². The molecule has 0 radical (unpaired) electrons. The van der Waals surface area contributed by atoms with Gasteiger partial charge in [-0.2, -0.15) is 0 Å². The van der Waals surface area contributed by atoms with E-state index in [1.165, 1.54) is 17.2 Å². The molecule has 3 rings (SSSR count). The first-order chi connectivity index (χ1) is 9.63. The van der Waals surface area contributed by atoms with Crippen LogP contribution in [-0.4, -0.2) is 9.97 Å². The van der Waals surface area contributed by atoms with Gasteiger partial charge in [0.2, 0.25) is 0 Å². The van der Waals surface area contributed by atoms with Crippen LogP contribution in [0.1, 0.15) is 17.0 Å². The molecule has 4 heteroatoms. The van der Waals surface area contributed by atoms with E-state index in [0.717, 1.165) is 12.5 Å². The number of hydrogen-bond donors (Lipinski definition) is 1. The number of fused-ring (bicyclic) bond motifs is 1. The van der Waals surface area contributed by atoms with Gasteiger partial charge in [-0.15, -0.1) is 0 Å². The maximum absolute atomic E-state index is 13.6. The first kappa shape index (κ1) is 12.8. The van der Waals surface area contributed by atoms with E-state index in [-0.39, 0.29) is 5.52 Å². The van der Waals surface area contributed by atoms with Crippen LogP contribution < -0.4 is 0 Å². The quantitative estimate of drug-likeness (QED) is 0.768. The Bertz CT molecular complexity index is 762. The van der Waals surface area contributed by atoms with E-state index in [4.69, 9.17) is 0 Å². The molecule has 102 valence electrons. The molecule has 0 aliphatic heterocycles. The number of rotatable bonds is 3. The van der Waals surface area contributed by atoms with Crippen LogP contribution in [0.2, 0.25) is 0 Å². The number of nitrogens with one attached hydrogen (secondary N) is 1. The summed E-state index contributed by atoms with van der Waals surface area (Å²) in [5, 5.41) is 0. The molecule has 0 saturated carbocycles. The van der Waals surface area contributed by atoms with Crippen LogP contribution in [-0.2, 0) is 12.8 Å². The molecular weight excluding hydrogens is 258 g/mol. The lowest BCUT2D eigenvalue weighted by Crippen LogP contribution is -1.93. The molecular formula is C16H14F2N2. The van der Waals surface area contributed by atoms with Gasteiger partial charge in [0.15, 0.2) is 11.6 Å². The molecule has 0 aliphatic rings. The number of aryl methyl sites for hydroxylation is 3. The highest BCUT2D eigenvalue weighted by molar-refractivity contribution is 5.75. The average Bonchev–Trinajstić information content (AvgIpc) is 2.85. The number of aromatic nitrogens is 2. The zero-order chi connectivity index (χ0) is 14.1. The van der Waals surface area contributed by atoms with E-state index in [1.54, 1.807) is 0 Å². The summed E-state index contributed by atoms with van der Waals surface area (Å²) in [4.78, 5) is 7.17. The summed E-state index contributed by atoms with van der Waals surface area (Å²) in [7, 11) is 0. The van der Waals surface area contributed by atoms with Crippen molar-refractivity contribution in [2.45, 2.75) is 19.8 Å². The van der Waals surface area contributed by atoms with Crippen LogP contribution in [0.5, 0.6) is 0 Å². The highest BCUT2D eigenvalue weighted by Crippen LogP contribution is 2.19. The Morgan fingerprint density at radius 2 is 1.95 bits per heavy atom. The molecule has 0 saturated heterocycles. The molecule has 1 heterocycles. The fourth-order valence-corrected chi connectivity index (χ4v) is 2.32. The van der Waals surface area contributed by atoms with E-state index in [1.807, 2.05) is 19.1 Å². The molecule has 20 heavy (non-hydrogen) atoms. The van der Waals surface area contributed by atoms with Crippen molar-refractivity contribution in [1.82, 2.24) is 9.97 Å². The van der Waals surface area contributed by atoms with Crippen molar-refractivity contribution in [3.8, 4) is 0 Å². The predicted octanol–water partition coefficient (Wildman–Crippen LogP) is 3.93. The average molecular weight is 272 g/mol. The van der Waals surface area contributed by atoms with Gasteiger partial charge in [-0.1, -0.05) is 29.8 Å². The Balaban J connectivity index is 1.83. The SMILES string of the molecule is Cc1cccc(CCc2nc3c(F)c(F)ccc3[nH]2)c1. The predicted molar refractivity (Wildman–Crippen MR) is 74.6 cm³/mol. The standard InChI is InChI=1S/C16H14F2N2/c1-10-3-2-4-11(9-10)5-8-14-19-13-7-6-12(17)15(18)16(13)20-14/h2-4,6-7,9H,5,8H2,1H3,(H,19,20). The zero-order valence-electron chi connectivity index (χ0n) is 11.1. The van der Waals surface area contributed by atoms with Crippen LogP contribution in [0.15, 0.2) is 36.4 Å². The summed E-state index contributed by atoms with van der Waals surface area (Å²) < 4.78 is 26.7. The summed E-state index contributed by atoms with van der Waals surface area (Å²) in [5.41, 5.74) is 3.02. The molecule has 2 aromatic carbocycles. The van der Waals surface area contributed by atoms with Gasteiger partial charge in [0.25, 0.3) is 0 Å². The maximum Gasteiger partial charge on any atom is 0.186 e. The molecule has 0 spiro atoms. The minimum Gasteiger partial charge on any atom is -0.342 e. The fourth-order valence-electron chi connectivity index (χ4n) is 2.32. The molecule has 0 aliphatic carbocycles. The molecule has 2 nitrogen and oxygen atoms in total. The van der Waals surface area contributed by atoms with Crippen LogP contribution in [0.3, 0.4) is 0 Å². The van der Waals surface area contributed by atoms with Crippen LogP contribution in [0.4, 0.5) is 8.78 Å². The monoisotopic (exact) mass is 272 g/mol. The third kappa shape index (κ3) is 2.41. The number of imidazole rings is 1. The Morgan fingerprint density at radius 1 is 1.10 bits per heavy atom. The highest BCUT2D eigenvalue weighted by atomic mass is 19.2. The zero-order valence-corrected chi connectivity index (χ0v) is 11.1. The van der Waals surface area contributed by atoms with E-state index in [0.29, 0.717) is 17.8 Å². The van der Waals surface area contributed by atoms with Gasteiger partial charge in [-0.05, 0) is 31.0 Å². The Labute approximate surface area is 115 Å². The smallest absolute Gasteiger partial charge is 0.186 e. The number of H-pyrrole nitrogens is 1. The van der Waals surface area contributed by atoms with Crippen molar-refractivity contribution in [3.05, 3.63) is 65.0 Å². The van der Waals surface area contributed by atoms with Gasteiger partial charge < -0.3 is 4.98 Å². The third-order valence-corrected chi connectivity index (χ3v) is 3.33. The van der Waals surface area contributed by atoms with Crippen LogP contribution in [0.25, 0.3) is 11.0 Å². The second-order valence-corrected chi connectivity index (χ2v) is 4.93. The van der Waals surface area contributed by atoms with Crippen molar-refractivity contribution in [1.29, 1.82) is 0 Å². The van der Waals surface area contributed by atoms with Crippen LogP contribution in [0, 0.1) is 18.6 Å². The molecule has 0 fully saturated rings. The van der Waals surface area contributed by atoms with Crippen LogP contribution >= 0.6 is 0 Å². The number of benzene rings is 2. The summed E-state index contributed by atoms with van der Waals surface area (Å²) >= 11 is 0. The summed E-state index contributed by atoms with van der Waals surface area (Å²) in [6, 6.07) is 10.8. The first-order valence-electron chi connectivity index (χ1n) is 6.51. The van der Waals surface area contributed by atoms with Crippen molar-refractivity contribution < 1.29 is 8.78 Å². The van der Waals surface area contributed by atoms with E-state index in [2.05, 4.69) is 22.1 Å². The number of aromatic amines is 1. The molecule has 0 bridgehead atoms. The van der Waals surface area contributed by atoms with E-state index < -0.39 is 11.6 Å². The molecule has 3 aromatic rings. The Kier molecular flexibility index (Phi) is 3.22. The minimum absolute atomic E-state index is 0.0734. The van der Waals surface area contributed by atoms with Gasteiger partial charge in [0.05, 0.1) is 5.52 Å². The van der Waals surface area contributed by atoms with Gasteiger partial charge in [-0.3, -0.25) is 0 Å². The topological polar surface area (TPSA) is 28.7 Å². The lowest BCUT2D eigenvalue weighted by molar-refractivity contribution is 0.515. The summed E-state index contributed by atoms with van der Waals surface area (Å²) in [6.07, 6.45) is 1.48. The Morgan fingerprint density at radius 3 is 2.75 bits per heavy atom. The highest BCUT2D eigenvalue weighted by Gasteiger charge is 2.11. The van der Waals surface area contributed by atoms with Gasteiger partial charge in [0.1, 0.15) is 11.3 Å². The summed E-state index contributed by atoms with van der Waals surface area (Å²) in [6.45, 7) is 2.04.